The molecular formula is C14H19FN2O2. The van der Waals surface area contributed by atoms with Crippen molar-refractivity contribution < 1.29 is 13.9 Å². The number of carbonyl (C=O) groups excluding carboxylic acids is 1. The van der Waals surface area contributed by atoms with E-state index in [-0.39, 0.29) is 17.2 Å². The van der Waals surface area contributed by atoms with Gasteiger partial charge in [-0.15, -0.1) is 0 Å². The van der Waals surface area contributed by atoms with Crippen LogP contribution in [0.5, 0.6) is 5.75 Å². The number of hydrogen-bond donors (Lipinski definition) is 2. The summed E-state index contributed by atoms with van der Waals surface area (Å²) in [6.07, 6.45) is 2.16. The molecule has 0 aliphatic carbocycles. The summed E-state index contributed by atoms with van der Waals surface area (Å²) >= 11 is 0. The van der Waals surface area contributed by atoms with Gasteiger partial charge < -0.3 is 15.4 Å². The molecule has 1 atom stereocenters. The zero-order valence-corrected chi connectivity index (χ0v) is 11.3. The van der Waals surface area contributed by atoms with E-state index >= 15 is 0 Å². The number of methoxy groups -OCH3 is 1. The third kappa shape index (κ3) is 3.23. The summed E-state index contributed by atoms with van der Waals surface area (Å²) in [7, 11) is 1.38. The van der Waals surface area contributed by atoms with Crippen LogP contribution in [-0.2, 0) is 0 Å². The highest BCUT2D eigenvalue weighted by molar-refractivity contribution is 5.94. The van der Waals surface area contributed by atoms with Crippen LogP contribution >= 0.6 is 0 Å². The second-order valence-corrected chi connectivity index (χ2v) is 5.12. The van der Waals surface area contributed by atoms with Crippen molar-refractivity contribution in [2.24, 2.45) is 0 Å². The van der Waals surface area contributed by atoms with Crippen LogP contribution in [0.3, 0.4) is 0 Å². The SMILES string of the molecule is COc1cc(C(=O)NCC2(C)CCCN2)ccc1F. The Bertz CT molecular complexity index is 471. The molecule has 2 rings (SSSR count). The third-order valence-corrected chi connectivity index (χ3v) is 3.51. The van der Waals surface area contributed by atoms with Crippen molar-refractivity contribution in [2.45, 2.75) is 25.3 Å². The fourth-order valence-electron chi connectivity index (χ4n) is 2.29. The molecule has 0 aromatic heterocycles. The van der Waals surface area contributed by atoms with E-state index in [1.807, 2.05) is 0 Å². The molecule has 4 nitrogen and oxygen atoms in total. The molecule has 1 heterocycles. The number of nitrogens with one attached hydrogen (secondary N) is 2. The van der Waals surface area contributed by atoms with E-state index in [1.54, 1.807) is 0 Å². The van der Waals surface area contributed by atoms with Crippen LogP contribution in [0, 0.1) is 5.82 Å². The minimum Gasteiger partial charge on any atom is -0.494 e. The number of carbonyl (C=O) groups is 1. The van der Waals surface area contributed by atoms with Crippen LogP contribution in [0.4, 0.5) is 4.39 Å². The molecule has 1 aliphatic heterocycles. The normalized spacial score (nSPS) is 22.3. The third-order valence-electron chi connectivity index (χ3n) is 3.51. The van der Waals surface area contributed by atoms with E-state index in [0.717, 1.165) is 19.4 Å². The molecule has 1 fully saturated rings. The fourth-order valence-corrected chi connectivity index (χ4v) is 2.29. The van der Waals surface area contributed by atoms with Gasteiger partial charge in [0, 0.05) is 17.6 Å². The first-order valence-electron chi connectivity index (χ1n) is 6.41. The largest absolute Gasteiger partial charge is 0.494 e. The van der Waals surface area contributed by atoms with Crippen LogP contribution in [0.25, 0.3) is 0 Å². The second kappa shape index (κ2) is 5.57. The quantitative estimate of drug-likeness (QED) is 0.872. The lowest BCUT2D eigenvalue weighted by Gasteiger charge is -2.24. The Labute approximate surface area is 112 Å². The topological polar surface area (TPSA) is 50.4 Å². The molecule has 0 radical (unpaired) electrons. The van der Waals surface area contributed by atoms with Gasteiger partial charge in [-0.05, 0) is 44.5 Å². The van der Waals surface area contributed by atoms with E-state index in [0.29, 0.717) is 12.1 Å². The van der Waals surface area contributed by atoms with Crippen LogP contribution in [0.2, 0.25) is 0 Å². The summed E-state index contributed by atoms with van der Waals surface area (Å²) < 4.78 is 18.1. The van der Waals surface area contributed by atoms with Crippen molar-refractivity contribution in [1.29, 1.82) is 0 Å². The van der Waals surface area contributed by atoms with Crippen LogP contribution in [0.15, 0.2) is 18.2 Å². The van der Waals surface area contributed by atoms with Gasteiger partial charge in [0.1, 0.15) is 0 Å². The van der Waals surface area contributed by atoms with Gasteiger partial charge in [0.05, 0.1) is 7.11 Å². The van der Waals surface area contributed by atoms with Crippen molar-refractivity contribution in [1.82, 2.24) is 10.6 Å². The zero-order valence-electron chi connectivity index (χ0n) is 11.3. The molecule has 1 aromatic rings. The summed E-state index contributed by atoms with van der Waals surface area (Å²) in [4.78, 5) is 12.0. The Kier molecular flexibility index (Phi) is 4.04. The van der Waals surface area contributed by atoms with Crippen LogP contribution in [0.1, 0.15) is 30.1 Å². The minimum absolute atomic E-state index is 0.0419. The summed E-state index contributed by atoms with van der Waals surface area (Å²) in [5, 5.41) is 6.24. The molecule has 2 N–H and O–H groups in total. The Morgan fingerprint density at radius 3 is 3.00 bits per heavy atom. The first-order chi connectivity index (χ1) is 9.04. The van der Waals surface area contributed by atoms with E-state index in [9.17, 15) is 9.18 Å². The number of ether oxygens (including phenoxy) is 1. The maximum atomic E-state index is 13.3. The Hall–Kier alpha value is -1.62. The van der Waals surface area contributed by atoms with Crippen molar-refractivity contribution in [2.75, 3.05) is 20.2 Å². The first kappa shape index (κ1) is 13.8. The smallest absolute Gasteiger partial charge is 0.251 e. The lowest BCUT2D eigenvalue weighted by molar-refractivity contribution is 0.0942. The summed E-state index contributed by atoms with van der Waals surface area (Å²) in [6.45, 7) is 3.63. The van der Waals surface area contributed by atoms with Crippen molar-refractivity contribution in [3.05, 3.63) is 29.6 Å². The highest BCUT2D eigenvalue weighted by atomic mass is 19.1. The molecule has 1 aromatic carbocycles. The summed E-state index contributed by atoms with van der Waals surface area (Å²) in [5.41, 5.74) is 0.361. The molecule has 19 heavy (non-hydrogen) atoms. The summed E-state index contributed by atoms with van der Waals surface area (Å²) in [6, 6.07) is 4.11. The van der Waals surface area contributed by atoms with Gasteiger partial charge >= 0.3 is 0 Å². The predicted molar refractivity (Wildman–Crippen MR) is 70.9 cm³/mol. The molecular weight excluding hydrogens is 247 g/mol. The number of hydrogen-bond acceptors (Lipinski definition) is 3. The number of amides is 1. The predicted octanol–water partition coefficient (Wildman–Crippen LogP) is 1.71. The molecule has 104 valence electrons. The van der Waals surface area contributed by atoms with Gasteiger partial charge in [-0.1, -0.05) is 0 Å². The molecule has 1 aliphatic rings. The van der Waals surface area contributed by atoms with Gasteiger partial charge in [-0.2, -0.15) is 0 Å². The Balaban J connectivity index is 1.99. The lowest BCUT2D eigenvalue weighted by atomic mass is 10.0. The van der Waals surface area contributed by atoms with E-state index in [4.69, 9.17) is 4.74 Å². The van der Waals surface area contributed by atoms with Crippen molar-refractivity contribution >= 4 is 5.91 Å². The van der Waals surface area contributed by atoms with Gasteiger partial charge in [-0.25, -0.2) is 4.39 Å². The maximum Gasteiger partial charge on any atom is 0.251 e. The Morgan fingerprint density at radius 2 is 2.37 bits per heavy atom. The average Bonchev–Trinajstić information content (AvgIpc) is 2.84. The van der Waals surface area contributed by atoms with Gasteiger partial charge in [-0.3, -0.25) is 4.79 Å². The lowest BCUT2D eigenvalue weighted by Crippen LogP contribution is -2.47. The molecule has 1 saturated heterocycles. The van der Waals surface area contributed by atoms with E-state index in [2.05, 4.69) is 17.6 Å². The molecule has 0 spiro atoms. The van der Waals surface area contributed by atoms with Gasteiger partial charge in [0.25, 0.3) is 5.91 Å². The van der Waals surface area contributed by atoms with E-state index < -0.39 is 5.82 Å². The van der Waals surface area contributed by atoms with Gasteiger partial charge in [0.15, 0.2) is 11.6 Å². The molecule has 0 bridgehead atoms. The molecule has 0 saturated carbocycles. The van der Waals surface area contributed by atoms with Crippen molar-refractivity contribution in [3.63, 3.8) is 0 Å². The number of rotatable bonds is 4. The monoisotopic (exact) mass is 266 g/mol. The maximum absolute atomic E-state index is 13.3. The Morgan fingerprint density at radius 1 is 1.58 bits per heavy atom. The molecule has 1 amide bonds. The zero-order chi connectivity index (χ0) is 13.9. The van der Waals surface area contributed by atoms with Gasteiger partial charge in [0.2, 0.25) is 0 Å². The highest BCUT2D eigenvalue weighted by Gasteiger charge is 2.28. The molecule has 1 unspecified atom stereocenters. The minimum atomic E-state index is -0.469. The van der Waals surface area contributed by atoms with Crippen LogP contribution in [-0.4, -0.2) is 31.6 Å². The highest BCUT2D eigenvalue weighted by Crippen LogP contribution is 2.19. The number of benzene rings is 1. The number of halogens is 1. The molecule has 5 heteroatoms. The van der Waals surface area contributed by atoms with E-state index in [1.165, 1.54) is 25.3 Å². The standard InChI is InChI=1S/C14H19FN2O2/c1-14(6-3-7-17-14)9-16-13(18)10-4-5-11(15)12(8-10)19-2/h4-5,8,17H,3,6-7,9H2,1-2H3,(H,16,18). The first-order valence-corrected chi connectivity index (χ1v) is 6.41. The van der Waals surface area contributed by atoms with Crippen LogP contribution < -0.4 is 15.4 Å². The fraction of sp³-hybridized carbons (Fsp3) is 0.500. The second-order valence-electron chi connectivity index (χ2n) is 5.12. The summed E-state index contributed by atoms with van der Waals surface area (Å²) in [5.74, 6) is -0.602. The van der Waals surface area contributed by atoms with Crippen molar-refractivity contribution in [3.8, 4) is 5.75 Å². The average molecular weight is 266 g/mol.